The molecule has 1 aromatic heterocycles. The number of hydrogen-bond donors (Lipinski definition) is 0. The van der Waals surface area contributed by atoms with Crippen LogP contribution < -0.4 is 9.80 Å². The topological polar surface area (TPSA) is 6.48 Å². The predicted octanol–water partition coefficient (Wildman–Crippen LogP) is 22.0. The molecule has 2 nitrogen and oxygen atoms in total. The van der Waals surface area contributed by atoms with Gasteiger partial charge < -0.3 is 9.80 Å². The van der Waals surface area contributed by atoms with Crippen LogP contribution >= 0.6 is 11.3 Å². The van der Waals surface area contributed by atoms with E-state index in [0.717, 1.165) is 6.42 Å². The number of hydrogen-bond acceptors (Lipinski definition) is 3. The van der Waals surface area contributed by atoms with Crippen LogP contribution in [0.15, 0.2) is 188 Å². The van der Waals surface area contributed by atoms with Gasteiger partial charge >= 0.3 is 0 Å². The van der Waals surface area contributed by atoms with E-state index < -0.39 is 0 Å². The Balaban J connectivity index is 1.09. The lowest BCUT2D eigenvalue weighted by atomic mass is 9.75. The second kappa shape index (κ2) is 17.5. The van der Waals surface area contributed by atoms with E-state index in [2.05, 4.69) is 281 Å². The smallest absolute Gasteiger partial charge is 0.0689 e. The fourth-order valence-corrected chi connectivity index (χ4v) is 13.8. The monoisotopic (exact) mass is 1020 g/mol. The maximum atomic E-state index is 2.64. The van der Waals surface area contributed by atoms with Gasteiger partial charge in [-0.1, -0.05) is 217 Å². The van der Waals surface area contributed by atoms with Crippen LogP contribution in [-0.2, 0) is 21.7 Å². The third-order valence-electron chi connectivity index (χ3n) is 17.4. The van der Waals surface area contributed by atoms with Crippen LogP contribution in [0.4, 0.5) is 34.1 Å². The van der Waals surface area contributed by atoms with Crippen molar-refractivity contribution in [2.24, 2.45) is 0 Å². The minimum atomic E-state index is -0.0700. The summed E-state index contributed by atoms with van der Waals surface area (Å²) in [5.74, 6) is 0.0160. The molecule has 2 aliphatic rings. The zero-order valence-corrected chi connectivity index (χ0v) is 47.8. The van der Waals surface area contributed by atoms with Crippen LogP contribution in [0.2, 0.25) is 0 Å². The second-order valence-electron chi connectivity index (χ2n) is 25.8. The fraction of sp³-hybridized carbons (Fsp3) is 0.243. The number of rotatable bonds is 6. The molecule has 13 rings (SSSR count). The molecule has 382 valence electrons. The Hall–Kier alpha value is -7.46. The molecule has 0 aliphatic carbocycles. The van der Waals surface area contributed by atoms with Gasteiger partial charge in [-0.25, -0.2) is 0 Å². The Labute approximate surface area is 460 Å². The first-order valence-electron chi connectivity index (χ1n) is 27.9. The fourth-order valence-electron chi connectivity index (χ4n) is 12.5. The molecule has 0 N–H and O–H groups in total. The lowest BCUT2D eigenvalue weighted by Crippen LogP contribution is -2.29. The standard InChI is InChI=1S/C74H70N2S/c1-13-74(11,12)49-34-37-63-61(44-49)67-68-64(75(69-58-28-18-19-31-66(58)77-70(67)69)52-23-20-22-45(40-52)47-38-50(72(5,6)7)42-51(39-47)73(8,9)10)29-21-30-65(68)76(63)62-36-33-48(71(2,3)4)43-59(62)46-32-35-57-55-26-15-14-24-53(55)54-25-16-17-27-56(54)60(57)41-46/h14-44,67H,13H2,1-12H3. The molecule has 3 heteroatoms. The molecular formula is C74H70N2S. The Bertz CT molecular complexity index is 4130. The van der Waals surface area contributed by atoms with Crippen molar-refractivity contribution >= 4 is 87.9 Å². The van der Waals surface area contributed by atoms with Crippen molar-refractivity contribution < 1.29 is 0 Å². The summed E-state index contributed by atoms with van der Waals surface area (Å²) in [5.41, 5.74) is 20.3. The molecule has 1 atom stereocenters. The number of thiophene rings is 1. The summed E-state index contributed by atoms with van der Waals surface area (Å²) >= 11 is 1.97. The molecule has 0 amide bonds. The van der Waals surface area contributed by atoms with Crippen LogP contribution in [-0.4, -0.2) is 0 Å². The Morgan fingerprint density at radius 3 is 1.58 bits per heavy atom. The third kappa shape index (κ3) is 7.94. The number of nitrogens with zero attached hydrogens (tertiary/aromatic N) is 2. The van der Waals surface area contributed by atoms with Crippen molar-refractivity contribution in [3.8, 4) is 22.3 Å². The number of anilines is 6. The van der Waals surface area contributed by atoms with Gasteiger partial charge in [-0.05, 0) is 160 Å². The molecule has 10 aromatic carbocycles. The molecule has 11 aromatic rings. The van der Waals surface area contributed by atoms with Crippen LogP contribution in [0.25, 0.3) is 64.7 Å². The van der Waals surface area contributed by atoms with E-state index in [1.807, 2.05) is 11.3 Å². The molecule has 2 aliphatic heterocycles. The average molecular weight is 1020 g/mol. The summed E-state index contributed by atoms with van der Waals surface area (Å²) in [5, 5.41) is 9.02. The predicted molar refractivity (Wildman–Crippen MR) is 335 cm³/mol. The Morgan fingerprint density at radius 2 is 0.948 bits per heavy atom. The molecule has 1 unspecified atom stereocenters. The highest BCUT2D eigenvalue weighted by Gasteiger charge is 2.44. The Morgan fingerprint density at radius 1 is 0.390 bits per heavy atom. The Kier molecular flexibility index (Phi) is 11.2. The van der Waals surface area contributed by atoms with E-state index >= 15 is 0 Å². The van der Waals surface area contributed by atoms with E-state index in [0.29, 0.717) is 0 Å². The summed E-state index contributed by atoms with van der Waals surface area (Å²) in [4.78, 5) is 6.65. The molecule has 0 bridgehead atoms. The number of benzene rings is 10. The van der Waals surface area contributed by atoms with Gasteiger partial charge in [0.05, 0.1) is 34.4 Å². The average Bonchev–Trinajstić information content (AvgIpc) is 4.10. The highest BCUT2D eigenvalue weighted by molar-refractivity contribution is 7.20. The zero-order chi connectivity index (χ0) is 53.5. The van der Waals surface area contributed by atoms with Crippen molar-refractivity contribution in [3.05, 3.63) is 226 Å². The summed E-state index contributed by atoms with van der Waals surface area (Å²) in [6, 6.07) is 72.8. The van der Waals surface area contributed by atoms with E-state index in [-0.39, 0.29) is 27.6 Å². The highest BCUT2D eigenvalue weighted by atomic mass is 32.1. The van der Waals surface area contributed by atoms with Crippen molar-refractivity contribution in [3.63, 3.8) is 0 Å². The van der Waals surface area contributed by atoms with Crippen molar-refractivity contribution in [2.45, 2.75) is 117 Å². The minimum Gasteiger partial charge on any atom is -0.309 e. The summed E-state index contributed by atoms with van der Waals surface area (Å²) < 4.78 is 1.31. The first-order chi connectivity index (χ1) is 36.8. The maximum Gasteiger partial charge on any atom is 0.0689 e. The normalized spacial score (nSPS) is 14.6. The highest BCUT2D eigenvalue weighted by Crippen LogP contribution is 2.64. The van der Waals surface area contributed by atoms with Gasteiger partial charge in [0.25, 0.3) is 0 Å². The van der Waals surface area contributed by atoms with Crippen LogP contribution in [0.5, 0.6) is 0 Å². The van der Waals surface area contributed by atoms with Gasteiger partial charge in [-0.2, -0.15) is 0 Å². The lowest BCUT2D eigenvalue weighted by molar-refractivity contribution is 0.505. The molecular weight excluding hydrogens is 949 g/mol. The van der Waals surface area contributed by atoms with Crippen molar-refractivity contribution in [2.75, 3.05) is 9.80 Å². The van der Waals surface area contributed by atoms with E-state index in [1.54, 1.807) is 0 Å². The lowest BCUT2D eigenvalue weighted by Gasteiger charge is -2.45. The van der Waals surface area contributed by atoms with E-state index in [9.17, 15) is 0 Å². The van der Waals surface area contributed by atoms with Crippen molar-refractivity contribution in [1.29, 1.82) is 0 Å². The van der Waals surface area contributed by atoms with Gasteiger partial charge in [-0.3, -0.25) is 0 Å². The first-order valence-corrected chi connectivity index (χ1v) is 28.7. The van der Waals surface area contributed by atoms with Gasteiger partial charge in [0, 0.05) is 31.8 Å². The molecule has 3 heterocycles. The third-order valence-corrected chi connectivity index (χ3v) is 18.6. The van der Waals surface area contributed by atoms with Gasteiger partial charge in [0.15, 0.2) is 0 Å². The second-order valence-corrected chi connectivity index (χ2v) is 26.9. The van der Waals surface area contributed by atoms with Gasteiger partial charge in [0.1, 0.15) is 0 Å². The molecule has 0 spiro atoms. The zero-order valence-electron chi connectivity index (χ0n) is 47.0. The molecule has 0 fully saturated rings. The van der Waals surface area contributed by atoms with Crippen LogP contribution in [0, 0.1) is 0 Å². The summed E-state index contributed by atoms with van der Waals surface area (Å²) in [6.45, 7) is 28.2. The maximum absolute atomic E-state index is 2.64. The van der Waals surface area contributed by atoms with E-state index in [1.165, 1.54) is 137 Å². The molecule has 0 radical (unpaired) electrons. The SMILES string of the molecule is CCC(C)(C)c1ccc2c(c1)C1c3sc4ccccc4c3N(c3cccc(-c4cc(C(C)(C)C)cc(C(C)(C)C)c4)c3)c3cccc(c31)N2c1ccc(C(C)(C)C)cc1-c1ccc2c3ccccc3c3ccccc3c2c1. The first kappa shape index (κ1) is 49.1. The van der Waals surface area contributed by atoms with E-state index in [4.69, 9.17) is 0 Å². The summed E-state index contributed by atoms with van der Waals surface area (Å²) in [7, 11) is 0. The van der Waals surface area contributed by atoms with Gasteiger partial charge in [-0.15, -0.1) is 11.3 Å². The molecule has 0 saturated heterocycles. The minimum absolute atomic E-state index is 0.00196. The quantitative estimate of drug-likeness (QED) is 0.153. The summed E-state index contributed by atoms with van der Waals surface area (Å²) in [6.07, 6.45) is 1.04. The van der Waals surface area contributed by atoms with Crippen LogP contribution in [0.1, 0.15) is 134 Å². The molecule has 77 heavy (non-hydrogen) atoms. The molecule has 0 saturated carbocycles. The number of fused-ring (bicyclic) bond motifs is 12. The van der Waals surface area contributed by atoms with Gasteiger partial charge in [0.2, 0.25) is 0 Å². The van der Waals surface area contributed by atoms with Crippen LogP contribution in [0.3, 0.4) is 0 Å². The van der Waals surface area contributed by atoms with Crippen molar-refractivity contribution in [1.82, 2.24) is 0 Å². The largest absolute Gasteiger partial charge is 0.309 e.